The van der Waals surface area contributed by atoms with E-state index in [1.807, 2.05) is 38.1 Å². The molecule has 4 rings (SSSR count). The van der Waals surface area contributed by atoms with E-state index in [2.05, 4.69) is 37.5 Å². The highest BCUT2D eigenvalue weighted by molar-refractivity contribution is 7.81. The average Bonchev–Trinajstić information content (AvgIpc) is 3.05. The molecule has 25 heavy (non-hydrogen) atoms. The summed E-state index contributed by atoms with van der Waals surface area (Å²) >= 11 is 4.09. The Hall–Kier alpha value is -3.00. The van der Waals surface area contributed by atoms with Crippen LogP contribution in [0.1, 0.15) is 13.8 Å². The summed E-state index contributed by atoms with van der Waals surface area (Å²) in [5.41, 5.74) is 2.17. The topological polar surface area (TPSA) is 95.7 Å². The van der Waals surface area contributed by atoms with Crippen LogP contribution in [-0.2, 0) is 0 Å². The minimum atomic E-state index is -0.329. The first kappa shape index (κ1) is 16.8. The number of hydrogen-bond acceptors (Lipinski definition) is 6. The van der Waals surface area contributed by atoms with Crippen molar-refractivity contribution in [2.24, 2.45) is 0 Å². The summed E-state index contributed by atoms with van der Waals surface area (Å²) < 4.78 is 8.80. The SMILES string of the molecule is CC.O=c1[nH]c2nccc(Oc3ccc(NS)c4ncccc34)c2[nH]1. The quantitative estimate of drug-likeness (QED) is 0.418. The van der Waals surface area contributed by atoms with Crippen LogP contribution < -0.4 is 15.1 Å². The van der Waals surface area contributed by atoms with Gasteiger partial charge in [-0.2, -0.15) is 0 Å². The molecule has 128 valence electrons. The van der Waals surface area contributed by atoms with Gasteiger partial charge in [-0.15, -0.1) is 0 Å². The Morgan fingerprint density at radius 1 is 1.04 bits per heavy atom. The Morgan fingerprint density at radius 3 is 2.68 bits per heavy atom. The molecule has 0 aliphatic heterocycles. The van der Waals surface area contributed by atoms with E-state index in [4.69, 9.17) is 4.74 Å². The first-order valence-electron chi connectivity index (χ1n) is 7.79. The van der Waals surface area contributed by atoms with Crippen molar-refractivity contribution in [3.63, 3.8) is 0 Å². The molecule has 0 amide bonds. The predicted molar refractivity (Wildman–Crippen MR) is 102 cm³/mol. The van der Waals surface area contributed by atoms with Gasteiger partial charge in [-0.3, -0.25) is 9.97 Å². The van der Waals surface area contributed by atoms with E-state index in [1.165, 1.54) is 0 Å². The van der Waals surface area contributed by atoms with Crippen LogP contribution in [0.4, 0.5) is 5.69 Å². The number of H-pyrrole nitrogens is 2. The van der Waals surface area contributed by atoms with Crippen LogP contribution in [0.5, 0.6) is 11.5 Å². The van der Waals surface area contributed by atoms with Crippen molar-refractivity contribution in [3.8, 4) is 11.5 Å². The average molecular weight is 355 g/mol. The molecule has 0 aliphatic carbocycles. The number of nitrogens with one attached hydrogen (secondary N) is 3. The molecule has 0 atom stereocenters. The third-order valence-corrected chi connectivity index (χ3v) is 3.69. The minimum Gasteiger partial charge on any atom is -0.454 e. The van der Waals surface area contributed by atoms with Crippen LogP contribution in [-0.4, -0.2) is 19.9 Å². The molecule has 0 unspecified atom stereocenters. The second kappa shape index (κ2) is 7.27. The third kappa shape index (κ3) is 3.16. The monoisotopic (exact) mass is 355 g/mol. The molecule has 0 spiro atoms. The molecular weight excluding hydrogens is 338 g/mol. The number of thiol groups is 1. The van der Waals surface area contributed by atoms with Crippen molar-refractivity contribution in [3.05, 3.63) is 53.2 Å². The van der Waals surface area contributed by atoms with E-state index in [0.717, 1.165) is 16.6 Å². The highest BCUT2D eigenvalue weighted by Gasteiger charge is 2.11. The lowest BCUT2D eigenvalue weighted by Gasteiger charge is -2.11. The fraction of sp³-hybridized carbons (Fsp3) is 0.118. The molecule has 0 aliphatic rings. The van der Waals surface area contributed by atoms with Crippen molar-refractivity contribution in [2.75, 3.05) is 4.72 Å². The number of imidazole rings is 1. The smallest absolute Gasteiger partial charge is 0.325 e. The van der Waals surface area contributed by atoms with Crippen LogP contribution in [0.3, 0.4) is 0 Å². The number of anilines is 1. The van der Waals surface area contributed by atoms with E-state index >= 15 is 0 Å². The summed E-state index contributed by atoms with van der Waals surface area (Å²) in [6, 6.07) is 9.08. The molecule has 0 bridgehead atoms. The largest absolute Gasteiger partial charge is 0.454 e. The number of benzene rings is 1. The first-order valence-corrected chi connectivity index (χ1v) is 8.23. The molecule has 0 radical (unpaired) electrons. The number of rotatable bonds is 3. The number of fused-ring (bicyclic) bond motifs is 2. The van der Waals surface area contributed by atoms with Gasteiger partial charge in [-0.1, -0.05) is 26.7 Å². The van der Waals surface area contributed by atoms with E-state index in [0.29, 0.717) is 22.7 Å². The van der Waals surface area contributed by atoms with Crippen LogP contribution in [0, 0.1) is 0 Å². The fourth-order valence-electron chi connectivity index (χ4n) is 2.44. The second-order valence-electron chi connectivity index (χ2n) is 4.84. The maximum Gasteiger partial charge on any atom is 0.325 e. The molecule has 3 aromatic heterocycles. The van der Waals surface area contributed by atoms with Gasteiger partial charge in [0.1, 0.15) is 11.3 Å². The number of ether oxygens (including phenoxy) is 1. The van der Waals surface area contributed by atoms with Crippen LogP contribution in [0.25, 0.3) is 22.1 Å². The van der Waals surface area contributed by atoms with Crippen molar-refractivity contribution in [1.82, 2.24) is 19.9 Å². The Kier molecular flexibility index (Phi) is 4.90. The van der Waals surface area contributed by atoms with E-state index in [1.54, 1.807) is 18.5 Å². The van der Waals surface area contributed by atoms with Crippen molar-refractivity contribution >= 4 is 40.6 Å². The Bertz CT molecular complexity index is 1070. The van der Waals surface area contributed by atoms with E-state index in [9.17, 15) is 4.79 Å². The zero-order valence-electron chi connectivity index (χ0n) is 13.7. The molecule has 7 nitrogen and oxygen atoms in total. The molecule has 0 saturated carbocycles. The molecular formula is C17H17N5O2S. The molecule has 1 aromatic carbocycles. The summed E-state index contributed by atoms with van der Waals surface area (Å²) in [6.45, 7) is 4.00. The highest BCUT2D eigenvalue weighted by Crippen LogP contribution is 2.34. The van der Waals surface area contributed by atoms with Gasteiger partial charge in [0.05, 0.1) is 11.2 Å². The normalized spacial score (nSPS) is 10.4. The Labute approximate surface area is 149 Å². The minimum absolute atomic E-state index is 0.329. The van der Waals surface area contributed by atoms with Gasteiger partial charge in [0.25, 0.3) is 0 Å². The lowest BCUT2D eigenvalue weighted by atomic mass is 10.1. The molecule has 8 heteroatoms. The van der Waals surface area contributed by atoms with Gasteiger partial charge in [0.2, 0.25) is 0 Å². The number of nitrogens with zero attached hydrogens (tertiary/aromatic N) is 2. The van der Waals surface area contributed by atoms with Crippen molar-refractivity contribution in [2.45, 2.75) is 13.8 Å². The van der Waals surface area contributed by atoms with Gasteiger partial charge in [0.15, 0.2) is 11.4 Å². The number of aromatic amines is 2. The molecule has 0 saturated heterocycles. The summed E-state index contributed by atoms with van der Waals surface area (Å²) in [6.07, 6.45) is 3.28. The van der Waals surface area contributed by atoms with E-state index in [-0.39, 0.29) is 5.69 Å². The molecule has 0 fully saturated rings. The fourth-order valence-corrected chi connectivity index (χ4v) is 2.62. The van der Waals surface area contributed by atoms with Crippen LogP contribution >= 0.6 is 12.8 Å². The lowest BCUT2D eigenvalue weighted by molar-refractivity contribution is 0.492. The first-order chi connectivity index (χ1) is 12.3. The highest BCUT2D eigenvalue weighted by atomic mass is 32.1. The van der Waals surface area contributed by atoms with E-state index < -0.39 is 0 Å². The lowest BCUT2D eigenvalue weighted by Crippen LogP contribution is -1.99. The van der Waals surface area contributed by atoms with Crippen LogP contribution in [0.2, 0.25) is 0 Å². The summed E-state index contributed by atoms with van der Waals surface area (Å²) in [5, 5.41) is 0.828. The zero-order valence-corrected chi connectivity index (χ0v) is 14.6. The van der Waals surface area contributed by atoms with Gasteiger partial charge in [-0.25, -0.2) is 9.78 Å². The van der Waals surface area contributed by atoms with Crippen molar-refractivity contribution in [1.29, 1.82) is 0 Å². The Morgan fingerprint density at radius 2 is 1.88 bits per heavy atom. The van der Waals surface area contributed by atoms with Gasteiger partial charge in [-0.05, 0) is 24.3 Å². The number of hydrogen-bond donors (Lipinski definition) is 4. The maximum absolute atomic E-state index is 11.5. The standard InChI is InChI=1S/C15H11N5O2S.C2H6/c21-15-18-13-11(5-7-17-14(13)19-15)22-10-4-3-9(20-23)12-8(10)2-1-6-16-12;1-2/h1-7,20,23H,(H2,17,18,19,21);1-2H3. The van der Waals surface area contributed by atoms with Gasteiger partial charge >= 0.3 is 5.69 Å². The third-order valence-electron chi connectivity index (χ3n) is 3.45. The second-order valence-corrected chi connectivity index (χ2v) is 5.06. The molecule has 3 heterocycles. The van der Waals surface area contributed by atoms with Gasteiger partial charge < -0.3 is 14.4 Å². The van der Waals surface area contributed by atoms with Crippen LogP contribution in [0.15, 0.2) is 47.5 Å². The summed E-state index contributed by atoms with van der Waals surface area (Å²) in [4.78, 5) is 25.2. The molecule has 3 N–H and O–H groups in total. The molecule has 4 aromatic rings. The number of aromatic nitrogens is 4. The van der Waals surface area contributed by atoms with Crippen molar-refractivity contribution < 1.29 is 4.74 Å². The maximum atomic E-state index is 11.5. The van der Waals surface area contributed by atoms with Gasteiger partial charge in [0, 0.05) is 23.8 Å². The summed E-state index contributed by atoms with van der Waals surface area (Å²) in [7, 11) is 0. The Balaban J connectivity index is 0.000000880. The zero-order chi connectivity index (χ0) is 17.8. The number of pyridine rings is 2. The summed E-state index contributed by atoms with van der Waals surface area (Å²) in [5.74, 6) is 1.13. The predicted octanol–water partition coefficient (Wildman–Crippen LogP) is 3.87.